The molecular formula is C6H5N3O4. The van der Waals surface area contributed by atoms with E-state index in [0.29, 0.717) is 0 Å². The minimum atomic E-state index is -1.31. The van der Waals surface area contributed by atoms with Gasteiger partial charge in [-0.25, -0.2) is 4.79 Å². The van der Waals surface area contributed by atoms with Crippen LogP contribution in [0, 0.1) is 10.1 Å². The van der Waals surface area contributed by atoms with E-state index >= 15 is 0 Å². The van der Waals surface area contributed by atoms with Crippen molar-refractivity contribution in [3.63, 3.8) is 0 Å². The zero-order chi connectivity index (χ0) is 9.84. The summed E-state index contributed by atoms with van der Waals surface area (Å²) in [5, 5.41) is 20.4. The van der Waals surface area contributed by atoms with E-state index in [1.807, 2.05) is 5.32 Å². The van der Waals surface area contributed by atoms with Gasteiger partial charge in [0.1, 0.15) is 0 Å². The number of carboxylic acid groups (broad SMARTS) is 1. The van der Waals surface area contributed by atoms with Crippen LogP contribution in [-0.2, 0) is 0 Å². The molecule has 0 fully saturated rings. The maximum absolute atomic E-state index is 10.2. The number of nitrogens with one attached hydrogen (secondary N) is 1. The number of aromatic nitrogens is 1. The van der Waals surface area contributed by atoms with Crippen LogP contribution in [0.4, 0.5) is 16.4 Å². The summed E-state index contributed by atoms with van der Waals surface area (Å²) >= 11 is 0. The maximum Gasteiger partial charge on any atom is 0.412 e. The lowest BCUT2D eigenvalue weighted by molar-refractivity contribution is -0.389. The number of hydrogen-bond donors (Lipinski definition) is 2. The Morgan fingerprint density at radius 3 is 2.85 bits per heavy atom. The topological polar surface area (TPSA) is 105 Å². The summed E-state index contributed by atoms with van der Waals surface area (Å²) in [6.07, 6.45) is -1.31. The Morgan fingerprint density at radius 2 is 2.31 bits per heavy atom. The second-order valence-corrected chi connectivity index (χ2v) is 2.07. The summed E-state index contributed by atoms with van der Waals surface area (Å²) in [5.74, 6) is -0.465. The van der Waals surface area contributed by atoms with Crippen LogP contribution in [-0.4, -0.2) is 21.1 Å². The predicted octanol–water partition coefficient (Wildman–Crippen LogP) is 1.08. The second kappa shape index (κ2) is 3.48. The third-order valence-electron chi connectivity index (χ3n) is 1.16. The van der Waals surface area contributed by atoms with Crippen molar-refractivity contribution in [2.45, 2.75) is 0 Å². The number of pyridine rings is 1. The molecular weight excluding hydrogens is 178 g/mol. The lowest BCUT2D eigenvalue weighted by atomic mass is 10.4. The quantitative estimate of drug-likeness (QED) is 0.527. The number of hydrogen-bond acceptors (Lipinski definition) is 4. The summed E-state index contributed by atoms with van der Waals surface area (Å²) in [7, 11) is 0. The van der Waals surface area contributed by atoms with Gasteiger partial charge in [0.05, 0.1) is 0 Å². The predicted molar refractivity (Wildman–Crippen MR) is 42.5 cm³/mol. The van der Waals surface area contributed by atoms with Gasteiger partial charge >= 0.3 is 11.9 Å². The summed E-state index contributed by atoms with van der Waals surface area (Å²) in [6.45, 7) is 0. The van der Waals surface area contributed by atoms with Gasteiger partial charge in [-0.3, -0.25) is 5.32 Å². The first-order valence-electron chi connectivity index (χ1n) is 3.21. The molecule has 2 N–H and O–H groups in total. The van der Waals surface area contributed by atoms with Crippen LogP contribution in [0.15, 0.2) is 18.2 Å². The van der Waals surface area contributed by atoms with E-state index in [0.717, 1.165) is 0 Å². The molecule has 1 aromatic heterocycles. The number of amides is 1. The van der Waals surface area contributed by atoms with Gasteiger partial charge in [-0.2, -0.15) is 0 Å². The van der Waals surface area contributed by atoms with Crippen LogP contribution < -0.4 is 5.32 Å². The third-order valence-corrected chi connectivity index (χ3v) is 1.16. The van der Waals surface area contributed by atoms with Gasteiger partial charge in [-0.15, -0.1) is 0 Å². The number of nitrogens with zero attached hydrogens (tertiary/aromatic N) is 2. The molecule has 0 saturated carbocycles. The molecule has 0 aromatic carbocycles. The van der Waals surface area contributed by atoms with Crippen LogP contribution in [0.1, 0.15) is 0 Å². The third kappa shape index (κ3) is 2.40. The molecule has 0 aliphatic carbocycles. The van der Waals surface area contributed by atoms with E-state index in [1.165, 1.54) is 18.2 Å². The van der Waals surface area contributed by atoms with E-state index in [4.69, 9.17) is 5.11 Å². The number of anilines is 1. The fourth-order valence-electron chi connectivity index (χ4n) is 0.704. The van der Waals surface area contributed by atoms with E-state index in [1.54, 1.807) is 0 Å². The Kier molecular flexibility index (Phi) is 2.38. The monoisotopic (exact) mass is 183 g/mol. The largest absolute Gasteiger partial charge is 0.465 e. The molecule has 0 unspecified atom stereocenters. The zero-order valence-corrected chi connectivity index (χ0v) is 6.30. The van der Waals surface area contributed by atoms with Crippen molar-refractivity contribution in [2.75, 3.05) is 5.32 Å². The first-order chi connectivity index (χ1) is 6.09. The standard InChI is InChI=1S/C6H5N3O4/c10-6(11)8-4-2-1-3-5(7-4)9(12)13/h1-3H,(H,7,8)(H,10,11). The van der Waals surface area contributed by atoms with E-state index in [-0.39, 0.29) is 5.82 Å². The first kappa shape index (κ1) is 8.91. The molecule has 0 atom stereocenters. The normalized spacial score (nSPS) is 9.23. The van der Waals surface area contributed by atoms with Gasteiger partial charge in [-0.05, 0) is 16.0 Å². The molecule has 7 heteroatoms. The Labute approximate surface area is 72.2 Å². The molecule has 68 valence electrons. The van der Waals surface area contributed by atoms with Gasteiger partial charge in [0.15, 0.2) is 0 Å². The fraction of sp³-hybridized carbons (Fsp3) is 0. The van der Waals surface area contributed by atoms with Crippen molar-refractivity contribution < 1.29 is 14.8 Å². The molecule has 0 spiro atoms. The molecule has 1 heterocycles. The average molecular weight is 183 g/mol. The van der Waals surface area contributed by atoms with Crippen molar-refractivity contribution in [2.24, 2.45) is 0 Å². The zero-order valence-electron chi connectivity index (χ0n) is 6.30. The highest BCUT2D eigenvalue weighted by atomic mass is 16.6. The van der Waals surface area contributed by atoms with Crippen molar-refractivity contribution >= 4 is 17.7 Å². The fourth-order valence-corrected chi connectivity index (χ4v) is 0.704. The minimum absolute atomic E-state index is 0.0679. The Balaban J connectivity index is 2.91. The number of nitro groups is 1. The summed E-state index contributed by atoms with van der Waals surface area (Å²) in [6, 6.07) is 3.84. The first-order valence-corrected chi connectivity index (χ1v) is 3.21. The number of rotatable bonds is 2. The Morgan fingerprint density at radius 1 is 1.62 bits per heavy atom. The van der Waals surface area contributed by atoms with Gasteiger partial charge in [-0.1, -0.05) is 0 Å². The molecule has 7 nitrogen and oxygen atoms in total. The van der Waals surface area contributed by atoms with Crippen LogP contribution in [0.2, 0.25) is 0 Å². The van der Waals surface area contributed by atoms with Crippen molar-refractivity contribution in [1.29, 1.82) is 0 Å². The van der Waals surface area contributed by atoms with Crippen LogP contribution >= 0.6 is 0 Å². The highest BCUT2D eigenvalue weighted by molar-refractivity contribution is 5.81. The van der Waals surface area contributed by atoms with Crippen LogP contribution in [0.25, 0.3) is 0 Å². The van der Waals surface area contributed by atoms with Gasteiger partial charge < -0.3 is 15.2 Å². The molecule has 1 aromatic rings. The molecule has 0 bridgehead atoms. The molecule has 0 aliphatic rings. The van der Waals surface area contributed by atoms with Crippen molar-refractivity contribution in [3.05, 3.63) is 28.3 Å². The van der Waals surface area contributed by atoms with Crippen molar-refractivity contribution in [1.82, 2.24) is 4.98 Å². The van der Waals surface area contributed by atoms with Gasteiger partial charge in [0.2, 0.25) is 0 Å². The van der Waals surface area contributed by atoms with Crippen LogP contribution in [0.3, 0.4) is 0 Å². The highest BCUT2D eigenvalue weighted by Crippen LogP contribution is 2.10. The SMILES string of the molecule is O=C(O)Nc1cccc([N+](=O)[O-])n1. The Hall–Kier alpha value is -2.18. The molecule has 0 radical (unpaired) electrons. The Bertz CT molecular complexity index is 351. The molecule has 1 rings (SSSR count). The average Bonchev–Trinajstić information content (AvgIpc) is 2.03. The highest BCUT2D eigenvalue weighted by Gasteiger charge is 2.10. The lowest BCUT2D eigenvalue weighted by Gasteiger charge is -1.94. The molecule has 13 heavy (non-hydrogen) atoms. The smallest absolute Gasteiger partial charge is 0.412 e. The summed E-state index contributed by atoms with van der Waals surface area (Å²) < 4.78 is 0. The van der Waals surface area contributed by atoms with E-state index in [9.17, 15) is 14.9 Å². The minimum Gasteiger partial charge on any atom is -0.465 e. The summed E-state index contributed by atoms with van der Waals surface area (Å²) in [4.78, 5) is 23.1. The van der Waals surface area contributed by atoms with Gasteiger partial charge in [0, 0.05) is 12.1 Å². The molecule has 0 aliphatic heterocycles. The van der Waals surface area contributed by atoms with E-state index in [2.05, 4.69) is 4.98 Å². The second-order valence-electron chi connectivity index (χ2n) is 2.07. The molecule has 1 amide bonds. The summed E-state index contributed by atoms with van der Waals surface area (Å²) in [5.41, 5.74) is 0. The maximum atomic E-state index is 10.2. The van der Waals surface area contributed by atoms with Gasteiger partial charge in [0.25, 0.3) is 5.82 Å². The number of carbonyl (C=O) groups is 1. The lowest BCUT2D eigenvalue weighted by Crippen LogP contribution is -2.09. The van der Waals surface area contributed by atoms with E-state index < -0.39 is 16.8 Å². The molecule has 0 saturated heterocycles. The van der Waals surface area contributed by atoms with Crippen LogP contribution in [0.5, 0.6) is 0 Å². The van der Waals surface area contributed by atoms with Crippen molar-refractivity contribution in [3.8, 4) is 0 Å².